The number of hydrogen-bond donors (Lipinski definition) is 3. The lowest BCUT2D eigenvalue weighted by molar-refractivity contribution is 0.371. The van der Waals surface area contributed by atoms with Crippen molar-refractivity contribution in [1.29, 1.82) is 0 Å². The Bertz CT molecular complexity index is 1320. The number of phenolic OH excluding ortho intramolecular Hbond substituents is 1. The topological polar surface area (TPSA) is 87.7 Å². The number of rotatable bonds is 7. The first-order valence-electron chi connectivity index (χ1n) is 9.67. The number of benzene rings is 4. The molecule has 0 aliphatic carbocycles. The molecular formula is C24H22N2O4S. The van der Waals surface area contributed by atoms with Gasteiger partial charge in [0.25, 0.3) is 10.0 Å². The van der Waals surface area contributed by atoms with Crippen molar-refractivity contribution < 1.29 is 18.3 Å². The van der Waals surface area contributed by atoms with E-state index >= 15 is 0 Å². The van der Waals surface area contributed by atoms with Gasteiger partial charge in [-0.1, -0.05) is 54.6 Å². The average molecular weight is 435 g/mol. The van der Waals surface area contributed by atoms with Crippen LogP contribution in [0.25, 0.3) is 10.8 Å². The summed E-state index contributed by atoms with van der Waals surface area (Å²) < 4.78 is 33.4. The third-order valence-corrected chi connectivity index (χ3v) is 6.34. The van der Waals surface area contributed by atoms with Crippen LogP contribution in [0.2, 0.25) is 0 Å². The number of phenols is 1. The number of sulfonamides is 1. The third kappa shape index (κ3) is 4.41. The summed E-state index contributed by atoms with van der Waals surface area (Å²) in [5.74, 6) is 0.469. The van der Waals surface area contributed by atoms with Crippen molar-refractivity contribution in [2.24, 2.45) is 0 Å². The van der Waals surface area contributed by atoms with Crippen molar-refractivity contribution >= 4 is 32.2 Å². The molecule has 0 aliphatic heterocycles. The zero-order valence-corrected chi connectivity index (χ0v) is 17.7. The highest BCUT2D eigenvalue weighted by Crippen LogP contribution is 2.32. The molecule has 4 aromatic rings. The minimum atomic E-state index is -3.72. The Morgan fingerprint density at radius 2 is 1.65 bits per heavy atom. The van der Waals surface area contributed by atoms with Crippen molar-refractivity contribution in [2.75, 3.05) is 17.1 Å². The van der Waals surface area contributed by atoms with Gasteiger partial charge in [-0.15, -0.1) is 0 Å². The first-order valence-corrected chi connectivity index (χ1v) is 11.2. The molecule has 0 aliphatic rings. The fourth-order valence-corrected chi connectivity index (χ4v) is 4.46. The molecule has 0 saturated heterocycles. The molecule has 3 N–H and O–H groups in total. The van der Waals surface area contributed by atoms with Crippen LogP contribution in [0.3, 0.4) is 0 Å². The van der Waals surface area contributed by atoms with Crippen LogP contribution in [0.15, 0.2) is 89.8 Å². The molecule has 0 atom stereocenters. The number of para-hydroxylation sites is 1. The van der Waals surface area contributed by atoms with Crippen LogP contribution in [0.1, 0.15) is 5.56 Å². The predicted octanol–water partition coefficient (Wildman–Crippen LogP) is 4.97. The Hall–Kier alpha value is -3.71. The molecule has 0 heterocycles. The standard InChI is InChI=1S/C24H22N2O4S/c1-30-23-13-7-9-18(24(23)27)16-25-22-15-19(14-17-8-5-6-12-21(17)22)26-31(28,29)20-10-3-2-4-11-20/h2-15,25-27H,16H2,1H3. The molecule has 0 spiro atoms. The first-order chi connectivity index (χ1) is 15.0. The van der Waals surface area contributed by atoms with E-state index in [-0.39, 0.29) is 10.6 Å². The summed E-state index contributed by atoms with van der Waals surface area (Å²) in [5.41, 5.74) is 1.85. The van der Waals surface area contributed by atoms with E-state index in [4.69, 9.17) is 4.74 Å². The van der Waals surface area contributed by atoms with Crippen molar-refractivity contribution in [2.45, 2.75) is 11.4 Å². The van der Waals surface area contributed by atoms with Crippen LogP contribution in [0.4, 0.5) is 11.4 Å². The number of ether oxygens (including phenoxy) is 1. The number of nitrogens with one attached hydrogen (secondary N) is 2. The Morgan fingerprint density at radius 3 is 2.42 bits per heavy atom. The van der Waals surface area contributed by atoms with E-state index < -0.39 is 10.0 Å². The summed E-state index contributed by atoms with van der Waals surface area (Å²) >= 11 is 0. The molecule has 0 amide bonds. The fraction of sp³-hybridized carbons (Fsp3) is 0.0833. The Morgan fingerprint density at radius 1 is 0.903 bits per heavy atom. The molecule has 0 fully saturated rings. The van der Waals surface area contributed by atoms with Crippen LogP contribution in [0.5, 0.6) is 11.5 Å². The van der Waals surface area contributed by atoms with Gasteiger partial charge in [0.15, 0.2) is 11.5 Å². The lowest BCUT2D eigenvalue weighted by Gasteiger charge is -2.15. The quantitative estimate of drug-likeness (QED) is 0.382. The maximum absolute atomic E-state index is 12.8. The van der Waals surface area contributed by atoms with Crippen LogP contribution in [-0.4, -0.2) is 20.6 Å². The molecule has 0 aromatic heterocycles. The second kappa shape index (κ2) is 8.57. The molecule has 0 unspecified atom stereocenters. The lowest BCUT2D eigenvalue weighted by Crippen LogP contribution is -2.13. The number of methoxy groups -OCH3 is 1. The van der Waals surface area contributed by atoms with Crippen molar-refractivity contribution in [3.8, 4) is 11.5 Å². The second-order valence-corrected chi connectivity index (χ2v) is 8.67. The SMILES string of the molecule is COc1cccc(CNc2cc(NS(=O)(=O)c3ccccc3)cc3ccccc23)c1O. The van der Waals surface area contributed by atoms with Gasteiger partial charge in [-0.3, -0.25) is 4.72 Å². The number of hydrogen-bond acceptors (Lipinski definition) is 5. The van der Waals surface area contributed by atoms with Crippen LogP contribution in [-0.2, 0) is 16.6 Å². The summed E-state index contributed by atoms with van der Waals surface area (Å²) in [7, 11) is -2.21. The molecule has 31 heavy (non-hydrogen) atoms. The molecule has 6 nitrogen and oxygen atoms in total. The summed E-state index contributed by atoms with van der Waals surface area (Å²) in [6.45, 7) is 0.335. The van der Waals surface area contributed by atoms with E-state index in [1.807, 2.05) is 24.3 Å². The Balaban J connectivity index is 1.67. The average Bonchev–Trinajstić information content (AvgIpc) is 2.78. The molecule has 0 radical (unpaired) electrons. The summed E-state index contributed by atoms with van der Waals surface area (Å²) in [6.07, 6.45) is 0. The minimum absolute atomic E-state index is 0.0720. The highest BCUT2D eigenvalue weighted by molar-refractivity contribution is 7.92. The summed E-state index contributed by atoms with van der Waals surface area (Å²) in [6, 6.07) is 24.8. The molecule has 0 saturated carbocycles. The minimum Gasteiger partial charge on any atom is -0.504 e. The smallest absolute Gasteiger partial charge is 0.261 e. The molecular weight excluding hydrogens is 412 g/mol. The van der Waals surface area contributed by atoms with E-state index in [0.717, 1.165) is 16.5 Å². The second-order valence-electron chi connectivity index (χ2n) is 6.99. The number of fused-ring (bicyclic) bond motifs is 1. The van der Waals surface area contributed by atoms with Gasteiger partial charge in [0, 0.05) is 23.2 Å². The van der Waals surface area contributed by atoms with Crippen LogP contribution in [0, 0.1) is 0 Å². The Kier molecular flexibility index (Phi) is 5.68. The van der Waals surface area contributed by atoms with E-state index in [9.17, 15) is 13.5 Å². The predicted molar refractivity (Wildman–Crippen MR) is 123 cm³/mol. The molecule has 4 rings (SSSR count). The summed E-state index contributed by atoms with van der Waals surface area (Å²) in [4.78, 5) is 0.193. The van der Waals surface area contributed by atoms with Crippen LogP contribution >= 0.6 is 0 Å². The lowest BCUT2D eigenvalue weighted by atomic mass is 10.1. The Labute approximate surface area is 181 Å². The van der Waals surface area contributed by atoms with Crippen LogP contribution < -0.4 is 14.8 Å². The maximum Gasteiger partial charge on any atom is 0.261 e. The third-order valence-electron chi connectivity index (χ3n) is 4.94. The first kappa shape index (κ1) is 20.6. The maximum atomic E-state index is 12.8. The largest absolute Gasteiger partial charge is 0.504 e. The van der Waals surface area contributed by atoms with E-state index in [1.54, 1.807) is 60.7 Å². The zero-order chi connectivity index (χ0) is 21.8. The highest BCUT2D eigenvalue weighted by Gasteiger charge is 2.15. The zero-order valence-electron chi connectivity index (χ0n) is 16.9. The van der Waals surface area contributed by atoms with E-state index in [1.165, 1.54) is 7.11 Å². The van der Waals surface area contributed by atoms with Crippen molar-refractivity contribution in [3.05, 3.63) is 90.5 Å². The van der Waals surface area contributed by atoms with Gasteiger partial charge < -0.3 is 15.2 Å². The van der Waals surface area contributed by atoms with Gasteiger partial charge in [-0.25, -0.2) is 8.42 Å². The van der Waals surface area contributed by atoms with Gasteiger partial charge in [0.05, 0.1) is 17.7 Å². The van der Waals surface area contributed by atoms with Crippen molar-refractivity contribution in [3.63, 3.8) is 0 Å². The van der Waals surface area contributed by atoms with Gasteiger partial charge in [-0.05, 0) is 35.7 Å². The normalized spacial score (nSPS) is 11.3. The van der Waals surface area contributed by atoms with Crippen molar-refractivity contribution in [1.82, 2.24) is 0 Å². The monoisotopic (exact) mass is 434 g/mol. The van der Waals surface area contributed by atoms with Gasteiger partial charge in [0.2, 0.25) is 0 Å². The van der Waals surface area contributed by atoms with Gasteiger partial charge in [-0.2, -0.15) is 0 Å². The molecule has 158 valence electrons. The number of aromatic hydroxyl groups is 1. The molecule has 7 heteroatoms. The fourth-order valence-electron chi connectivity index (χ4n) is 3.40. The van der Waals surface area contributed by atoms with Gasteiger partial charge >= 0.3 is 0 Å². The van der Waals surface area contributed by atoms with E-state index in [2.05, 4.69) is 10.0 Å². The molecule has 0 bridgehead atoms. The van der Waals surface area contributed by atoms with E-state index in [0.29, 0.717) is 23.5 Å². The highest BCUT2D eigenvalue weighted by atomic mass is 32.2. The summed E-state index contributed by atoms with van der Waals surface area (Å²) in [5, 5.41) is 15.5. The van der Waals surface area contributed by atoms with Gasteiger partial charge in [0.1, 0.15) is 0 Å². The number of anilines is 2. The molecule has 4 aromatic carbocycles.